The molecule has 2 rings (SSSR count). The van der Waals surface area contributed by atoms with Crippen LogP contribution in [0.1, 0.15) is 61.8 Å². The number of ether oxygens (including phenoxy) is 1. The Morgan fingerprint density at radius 3 is 2.07 bits per heavy atom. The van der Waals surface area contributed by atoms with Crippen LogP contribution in [0.5, 0.6) is 17.2 Å². The highest BCUT2D eigenvalue weighted by molar-refractivity contribution is 5.73. The number of hydrogen-bond acceptors (Lipinski definition) is 4. The molecule has 0 amide bonds. The molecule has 0 saturated heterocycles. The summed E-state index contributed by atoms with van der Waals surface area (Å²) in [6.45, 7) is 10.1. The second-order valence-electron chi connectivity index (χ2n) is 7.61. The number of phenolic OH excluding ortho intramolecular Hbond substituents is 1. The van der Waals surface area contributed by atoms with E-state index in [2.05, 4.69) is 27.7 Å². The van der Waals surface area contributed by atoms with Gasteiger partial charge < -0.3 is 20.7 Å². The number of phenols is 1. The standard InChI is InChI=1S/C22H29NO4/c1-12(2)17-9-15(11-19(23)22(25)26)10-18(13(3)4)21(17)27-16-6-7-20(24)14(5)8-16/h6-10,12-13,19,24H,11,23H2,1-5H3,(H,25,26). The minimum Gasteiger partial charge on any atom is -0.508 e. The number of carbonyl (C=O) groups is 1. The molecule has 27 heavy (non-hydrogen) atoms. The minimum atomic E-state index is -1.01. The smallest absolute Gasteiger partial charge is 0.320 e. The third kappa shape index (κ3) is 5.01. The SMILES string of the molecule is Cc1cc(Oc2c(C(C)C)cc(CC(N)C(=O)O)cc2C(C)C)ccc1O. The molecule has 2 aromatic carbocycles. The fraction of sp³-hybridized carbons (Fsp3) is 0.409. The number of benzene rings is 2. The fourth-order valence-electron chi connectivity index (χ4n) is 2.98. The second kappa shape index (κ2) is 8.44. The van der Waals surface area contributed by atoms with Crippen LogP contribution in [0.25, 0.3) is 0 Å². The molecule has 2 aromatic rings. The molecule has 0 aliphatic rings. The first kappa shape index (κ1) is 20.8. The molecule has 0 aliphatic carbocycles. The maximum Gasteiger partial charge on any atom is 0.320 e. The van der Waals surface area contributed by atoms with E-state index in [0.717, 1.165) is 28.0 Å². The summed E-state index contributed by atoms with van der Waals surface area (Å²) in [7, 11) is 0. The number of aromatic hydroxyl groups is 1. The van der Waals surface area contributed by atoms with Gasteiger partial charge in [-0.3, -0.25) is 4.79 Å². The van der Waals surface area contributed by atoms with Crippen molar-refractivity contribution in [1.82, 2.24) is 0 Å². The first-order chi connectivity index (χ1) is 12.6. The van der Waals surface area contributed by atoms with Crippen LogP contribution >= 0.6 is 0 Å². The molecule has 0 saturated carbocycles. The van der Waals surface area contributed by atoms with Gasteiger partial charge in [0.05, 0.1) is 0 Å². The van der Waals surface area contributed by atoms with Gasteiger partial charge in [0, 0.05) is 0 Å². The average Bonchev–Trinajstić information content (AvgIpc) is 2.58. The van der Waals surface area contributed by atoms with E-state index in [-0.39, 0.29) is 24.0 Å². The number of nitrogens with two attached hydrogens (primary N) is 1. The maximum absolute atomic E-state index is 11.1. The van der Waals surface area contributed by atoms with E-state index in [1.165, 1.54) is 0 Å². The third-order valence-electron chi connectivity index (χ3n) is 4.61. The molecule has 4 N–H and O–H groups in total. The van der Waals surface area contributed by atoms with E-state index in [4.69, 9.17) is 15.6 Å². The summed E-state index contributed by atoms with van der Waals surface area (Å²) in [5.74, 6) is 1.05. The molecule has 1 atom stereocenters. The molecule has 0 fully saturated rings. The first-order valence-electron chi connectivity index (χ1n) is 9.22. The highest BCUT2D eigenvalue weighted by atomic mass is 16.5. The molecule has 0 heterocycles. The Hall–Kier alpha value is -2.53. The van der Waals surface area contributed by atoms with E-state index in [0.29, 0.717) is 5.75 Å². The van der Waals surface area contributed by atoms with Crippen molar-refractivity contribution in [3.63, 3.8) is 0 Å². The van der Waals surface area contributed by atoms with Crippen molar-refractivity contribution in [2.75, 3.05) is 0 Å². The predicted octanol–water partition coefficient (Wildman–Crippen LogP) is 4.69. The zero-order valence-corrected chi connectivity index (χ0v) is 16.6. The minimum absolute atomic E-state index is 0.191. The van der Waals surface area contributed by atoms with Crippen molar-refractivity contribution in [2.24, 2.45) is 5.73 Å². The van der Waals surface area contributed by atoms with Crippen molar-refractivity contribution < 1.29 is 19.7 Å². The van der Waals surface area contributed by atoms with Gasteiger partial charge in [-0.15, -0.1) is 0 Å². The Labute approximate surface area is 160 Å². The molecule has 146 valence electrons. The number of carboxylic acids is 1. The van der Waals surface area contributed by atoms with Crippen molar-refractivity contribution >= 4 is 5.97 Å². The lowest BCUT2D eigenvalue weighted by Crippen LogP contribution is -2.32. The number of rotatable bonds is 7. The van der Waals surface area contributed by atoms with Crippen LogP contribution in [-0.2, 0) is 11.2 Å². The Morgan fingerprint density at radius 2 is 1.63 bits per heavy atom. The van der Waals surface area contributed by atoms with Crippen molar-refractivity contribution in [2.45, 2.75) is 58.9 Å². The lowest BCUT2D eigenvalue weighted by atomic mass is 9.89. The Morgan fingerprint density at radius 1 is 1.07 bits per heavy atom. The largest absolute Gasteiger partial charge is 0.508 e. The Balaban J connectivity index is 2.53. The van der Waals surface area contributed by atoms with Crippen LogP contribution in [0.4, 0.5) is 0 Å². The molecule has 5 heteroatoms. The summed E-state index contributed by atoms with van der Waals surface area (Å²) < 4.78 is 6.25. The highest BCUT2D eigenvalue weighted by Crippen LogP contribution is 2.39. The second-order valence-corrected chi connectivity index (χ2v) is 7.61. The van der Waals surface area contributed by atoms with Gasteiger partial charge in [-0.1, -0.05) is 39.8 Å². The van der Waals surface area contributed by atoms with Gasteiger partial charge >= 0.3 is 5.97 Å². The van der Waals surface area contributed by atoms with Crippen LogP contribution < -0.4 is 10.5 Å². The van der Waals surface area contributed by atoms with Gasteiger partial charge in [-0.05, 0) is 65.6 Å². The molecule has 0 aromatic heterocycles. The Bertz CT molecular complexity index is 798. The maximum atomic E-state index is 11.1. The van der Waals surface area contributed by atoms with E-state index in [1.807, 2.05) is 19.1 Å². The average molecular weight is 371 g/mol. The fourth-order valence-corrected chi connectivity index (χ4v) is 2.98. The molecule has 0 bridgehead atoms. The van der Waals surface area contributed by atoms with Gasteiger partial charge in [0.15, 0.2) is 0 Å². The summed E-state index contributed by atoms with van der Waals surface area (Å²) in [4.78, 5) is 11.1. The number of hydrogen-bond donors (Lipinski definition) is 3. The summed E-state index contributed by atoms with van der Waals surface area (Å²) in [5, 5.41) is 18.9. The van der Waals surface area contributed by atoms with E-state index < -0.39 is 12.0 Å². The molecule has 0 aliphatic heterocycles. The van der Waals surface area contributed by atoms with E-state index >= 15 is 0 Å². The van der Waals surface area contributed by atoms with Gasteiger partial charge in [0.2, 0.25) is 0 Å². The van der Waals surface area contributed by atoms with Crippen LogP contribution in [-0.4, -0.2) is 22.2 Å². The monoisotopic (exact) mass is 371 g/mol. The predicted molar refractivity (Wildman–Crippen MR) is 107 cm³/mol. The lowest BCUT2D eigenvalue weighted by molar-refractivity contribution is -0.138. The molecular weight excluding hydrogens is 342 g/mol. The van der Waals surface area contributed by atoms with Gasteiger partial charge in [-0.25, -0.2) is 0 Å². The quantitative estimate of drug-likeness (QED) is 0.656. The zero-order valence-electron chi connectivity index (χ0n) is 16.6. The number of carboxylic acid groups (broad SMARTS) is 1. The van der Waals surface area contributed by atoms with Crippen molar-refractivity contribution in [3.05, 3.63) is 52.6 Å². The number of aryl methyl sites for hydroxylation is 1. The van der Waals surface area contributed by atoms with Crippen LogP contribution in [0.3, 0.4) is 0 Å². The summed E-state index contributed by atoms with van der Waals surface area (Å²) in [6, 6.07) is 8.21. The molecule has 5 nitrogen and oxygen atoms in total. The first-order valence-corrected chi connectivity index (χ1v) is 9.22. The molecule has 0 spiro atoms. The zero-order chi connectivity index (χ0) is 20.3. The van der Waals surface area contributed by atoms with Crippen LogP contribution in [0, 0.1) is 6.92 Å². The molecule has 0 radical (unpaired) electrons. The molecule has 1 unspecified atom stereocenters. The normalized spacial score (nSPS) is 12.4. The summed E-state index contributed by atoms with van der Waals surface area (Å²) in [6.07, 6.45) is 0.271. The third-order valence-corrected chi connectivity index (χ3v) is 4.61. The summed E-state index contributed by atoms with van der Waals surface area (Å²) in [5.41, 5.74) is 9.40. The van der Waals surface area contributed by atoms with Gasteiger partial charge in [-0.2, -0.15) is 0 Å². The highest BCUT2D eigenvalue weighted by Gasteiger charge is 2.20. The van der Waals surface area contributed by atoms with Crippen LogP contribution in [0.15, 0.2) is 30.3 Å². The van der Waals surface area contributed by atoms with Gasteiger partial charge in [0.1, 0.15) is 23.3 Å². The van der Waals surface area contributed by atoms with E-state index in [1.54, 1.807) is 18.2 Å². The topological polar surface area (TPSA) is 92.8 Å². The van der Waals surface area contributed by atoms with Gasteiger partial charge in [0.25, 0.3) is 0 Å². The molecular formula is C22H29NO4. The summed E-state index contributed by atoms with van der Waals surface area (Å²) >= 11 is 0. The van der Waals surface area contributed by atoms with Crippen LogP contribution in [0.2, 0.25) is 0 Å². The van der Waals surface area contributed by atoms with E-state index in [9.17, 15) is 9.90 Å². The van der Waals surface area contributed by atoms with Crippen molar-refractivity contribution in [3.8, 4) is 17.2 Å². The number of aliphatic carboxylic acids is 1. The Kier molecular flexibility index (Phi) is 6.50. The van der Waals surface area contributed by atoms with Crippen molar-refractivity contribution in [1.29, 1.82) is 0 Å². The lowest BCUT2D eigenvalue weighted by Gasteiger charge is -2.22.